The van der Waals surface area contributed by atoms with Gasteiger partial charge in [0, 0.05) is 21.2 Å². The minimum atomic E-state index is -1.31. The van der Waals surface area contributed by atoms with Crippen molar-refractivity contribution >= 4 is 29.2 Å². The van der Waals surface area contributed by atoms with Gasteiger partial charge in [-0.25, -0.2) is 9.48 Å². The summed E-state index contributed by atoms with van der Waals surface area (Å²) in [4.78, 5) is 11.4. The zero-order chi connectivity index (χ0) is 21.3. The molecule has 3 rings (SSSR count). The molecule has 0 aliphatic heterocycles. The van der Waals surface area contributed by atoms with Gasteiger partial charge in [0.15, 0.2) is 5.60 Å². The summed E-state index contributed by atoms with van der Waals surface area (Å²) in [6.45, 7) is 7.03. The van der Waals surface area contributed by atoms with Crippen LogP contribution in [-0.2, 0) is 16.1 Å². The van der Waals surface area contributed by atoms with Gasteiger partial charge in [0.1, 0.15) is 0 Å². The van der Waals surface area contributed by atoms with E-state index in [-0.39, 0.29) is 6.61 Å². The highest BCUT2D eigenvalue weighted by Crippen LogP contribution is 2.32. The van der Waals surface area contributed by atoms with Gasteiger partial charge in [-0.05, 0) is 63.6 Å². The third kappa shape index (κ3) is 4.47. The lowest BCUT2D eigenvalue weighted by Crippen LogP contribution is -2.34. The summed E-state index contributed by atoms with van der Waals surface area (Å²) in [6, 6.07) is 13.1. The van der Waals surface area contributed by atoms with Crippen molar-refractivity contribution in [3.63, 3.8) is 0 Å². The molecule has 0 saturated heterocycles. The van der Waals surface area contributed by atoms with E-state index in [1.807, 2.05) is 61.0 Å². The van der Waals surface area contributed by atoms with Gasteiger partial charge in [0.05, 0.1) is 23.7 Å². The number of ether oxygens (including phenoxy) is 1. The zero-order valence-electron chi connectivity index (χ0n) is 16.7. The van der Waals surface area contributed by atoms with Crippen molar-refractivity contribution in [2.45, 2.75) is 39.9 Å². The van der Waals surface area contributed by atoms with Crippen LogP contribution in [0.1, 0.15) is 30.7 Å². The highest BCUT2D eigenvalue weighted by atomic mass is 35.5. The summed E-state index contributed by atoms with van der Waals surface area (Å²) < 4.78 is 7.49. The van der Waals surface area contributed by atoms with E-state index in [0.717, 1.165) is 28.1 Å². The SMILES string of the molecule is Cc1cc(Cl)ccc1-n1nc(COC(C)(C)C(=O)O)c(C)c1-c1ccc(Cl)cc1. The van der Waals surface area contributed by atoms with Gasteiger partial charge in [-0.1, -0.05) is 35.3 Å². The number of nitrogens with zero attached hydrogens (tertiary/aromatic N) is 2. The number of carbonyl (C=O) groups is 1. The molecule has 3 aromatic rings. The van der Waals surface area contributed by atoms with Crippen LogP contribution in [-0.4, -0.2) is 26.5 Å². The van der Waals surface area contributed by atoms with E-state index in [1.165, 1.54) is 13.8 Å². The van der Waals surface area contributed by atoms with Crippen LogP contribution in [0, 0.1) is 13.8 Å². The fourth-order valence-electron chi connectivity index (χ4n) is 2.97. The monoisotopic (exact) mass is 432 g/mol. The van der Waals surface area contributed by atoms with Crippen LogP contribution in [0.2, 0.25) is 10.0 Å². The molecule has 1 heterocycles. The van der Waals surface area contributed by atoms with Gasteiger partial charge in [0.25, 0.3) is 0 Å². The number of rotatable bonds is 6. The fourth-order valence-corrected chi connectivity index (χ4v) is 3.32. The summed E-state index contributed by atoms with van der Waals surface area (Å²) in [5.41, 5.74) is 3.94. The minimum Gasteiger partial charge on any atom is -0.479 e. The third-order valence-corrected chi connectivity index (χ3v) is 5.30. The second-order valence-electron chi connectivity index (χ2n) is 7.37. The number of aryl methyl sites for hydroxylation is 1. The Morgan fingerprint density at radius 3 is 2.31 bits per heavy atom. The Morgan fingerprint density at radius 1 is 1.10 bits per heavy atom. The molecule has 152 valence electrons. The third-order valence-electron chi connectivity index (χ3n) is 4.81. The van der Waals surface area contributed by atoms with Crippen molar-refractivity contribution in [3.05, 3.63) is 69.3 Å². The Labute approximate surface area is 179 Å². The lowest BCUT2D eigenvalue weighted by molar-refractivity contribution is -0.162. The van der Waals surface area contributed by atoms with Crippen molar-refractivity contribution in [1.29, 1.82) is 0 Å². The number of aliphatic carboxylic acids is 1. The Kier molecular flexibility index (Phi) is 6.03. The molecule has 0 aliphatic carbocycles. The summed E-state index contributed by atoms with van der Waals surface area (Å²) in [5.74, 6) is -1.03. The lowest BCUT2D eigenvalue weighted by atomic mass is 10.1. The molecule has 0 unspecified atom stereocenters. The van der Waals surface area contributed by atoms with Crippen molar-refractivity contribution in [3.8, 4) is 16.9 Å². The van der Waals surface area contributed by atoms with Crippen LogP contribution in [0.4, 0.5) is 0 Å². The van der Waals surface area contributed by atoms with Gasteiger partial charge >= 0.3 is 5.97 Å². The Morgan fingerprint density at radius 2 is 1.72 bits per heavy atom. The molecule has 0 saturated carbocycles. The number of halogens is 2. The molecular weight excluding hydrogens is 411 g/mol. The predicted molar refractivity (Wildman–Crippen MR) is 115 cm³/mol. The molecule has 5 nitrogen and oxygen atoms in total. The molecule has 0 radical (unpaired) electrons. The first-order chi connectivity index (χ1) is 13.6. The van der Waals surface area contributed by atoms with Crippen molar-refractivity contribution in [1.82, 2.24) is 9.78 Å². The first-order valence-corrected chi connectivity index (χ1v) is 9.84. The summed E-state index contributed by atoms with van der Waals surface area (Å²) >= 11 is 12.2. The van der Waals surface area contributed by atoms with Crippen LogP contribution in [0.25, 0.3) is 16.9 Å². The van der Waals surface area contributed by atoms with E-state index >= 15 is 0 Å². The van der Waals surface area contributed by atoms with Gasteiger partial charge in [-0.15, -0.1) is 0 Å². The molecule has 0 aliphatic rings. The lowest BCUT2D eigenvalue weighted by Gasteiger charge is -2.19. The van der Waals surface area contributed by atoms with Crippen LogP contribution in [0.5, 0.6) is 0 Å². The first kappa shape index (κ1) is 21.4. The maximum Gasteiger partial charge on any atom is 0.335 e. The molecular formula is C22H22Cl2N2O3. The number of carboxylic acids is 1. The molecule has 2 aromatic carbocycles. The molecule has 0 amide bonds. The maximum atomic E-state index is 11.4. The van der Waals surface area contributed by atoms with Gasteiger partial charge in [-0.3, -0.25) is 0 Å². The van der Waals surface area contributed by atoms with E-state index in [1.54, 1.807) is 0 Å². The standard InChI is InChI=1S/C22H22Cl2N2O3/c1-13-11-17(24)9-10-19(13)26-20(15-5-7-16(23)8-6-15)14(2)18(25-26)12-29-22(3,4)21(27)28/h5-11H,12H2,1-4H3,(H,27,28). The van der Waals surface area contributed by atoms with Crippen LogP contribution in [0.15, 0.2) is 42.5 Å². The number of hydrogen-bond acceptors (Lipinski definition) is 3. The normalized spacial score (nSPS) is 11.7. The topological polar surface area (TPSA) is 64.4 Å². The van der Waals surface area contributed by atoms with E-state index in [2.05, 4.69) is 0 Å². The number of carboxylic acid groups (broad SMARTS) is 1. The summed E-state index contributed by atoms with van der Waals surface area (Å²) in [5, 5.41) is 15.4. The molecule has 1 aromatic heterocycles. The van der Waals surface area contributed by atoms with Crippen molar-refractivity contribution < 1.29 is 14.6 Å². The van der Waals surface area contributed by atoms with Gasteiger partial charge in [-0.2, -0.15) is 5.10 Å². The molecule has 0 fully saturated rings. The summed E-state index contributed by atoms with van der Waals surface area (Å²) in [7, 11) is 0. The Balaban J connectivity index is 2.13. The van der Waals surface area contributed by atoms with E-state index in [9.17, 15) is 9.90 Å². The maximum absolute atomic E-state index is 11.4. The van der Waals surface area contributed by atoms with Crippen LogP contribution >= 0.6 is 23.2 Å². The fraction of sp³-hybridized carbons (Fsp3) is 0.273. The average molecular weight is 433 g/mol. The summed E-state index contributed by atoms with van der Waals surface area (Å²) in [6.07, 6.45) is 0. The number of benzene rings is 2. The average Bonchev–Trinajstić information content (AvgIpc) is 2.97. The molecule has 29 heavy (non-hydrogen) atoms. The van der Waals surface area contributed by atoms with Gasteiger partial charge < -0.3 is 9.84 Å². The van der Waals surface area contributed by atoms with Crippen LogP contribution in [0.3, 0.4) is 0 Å². The van der Waals surface area contributed by atoms with E-state index in [4.69, 9.17) is 33.0 Å². The second-order valence-corrected chi connectivity index (χ2v) is 8.25. The molecule has 0 atom stereocenters. The van der Waals surface area contributed by atoms with E-state index in [0.29, 0.717) is 15.7 Å². The number of hydrogen-bond donors (Lipinski definition) is 1. The molecule has 0 spiro atoms. The van der Waals surface area contributed by atoms with Gasteiger partial charge in [0.2, 0.25) is 0 Å². The zero-order valence-corrected chi connectivity index (χ0v) is 18.2. The highest BCUT2D eigenvalue weighted by molar-refractivity contribution is 6.31. The molecule has 7 heteroatoms. The predicted octanol–water partition coefficient (Wildman–Crippen LogP) is 5.84. The van der Waals surface area contributed by atoms with E-state index < -0.39 is 11.6 Å². The first-order valence-electron chi connectivity index (χ1n) is 9.08. The Hall–Kier alpha value is -2.34. The van der Waals surface area contributed by atoms with Crippen molar-refractivity contribution in [2.24, 2.45) is 0 Å². The van der Waals surface area contributed by atoms with Crippen molar-refractivity contribution in [2.75, 3.05) is 0 Å². The number of aromatic nitrogens is 2. The minimum absolute atomic E-state index is 0.0748. The second kappa shape index (κ2) is 8.19. The smallest absolute Gasteiger partial charge is 0.335 e. The largest absolute Gasteiger partial charge is 0.479 e. The molecule has 1 N–H and O–H groups in total. The molecule has 0 bridgehead atoms. The van der Waals surface area contributed by atoms with Crippen LogP contribution < -0.4 is 0 Å². The Bertz CT molecular complexity index is 1060. The quantitative estimate of drug-likeness (QED) is 0.530. The highest BCUT2D eigenvalue weighted by Gasteiger charge is 2.29.